The Balaban J connectivity index is 1.65. The van der Waals surface area contributed by atoms with Gasteiger partial charge in [0.05, 0.1) is 18.9 Å². The molecule has 0 aliphatic heterocycles. The van der Waals surface area contributed by atoms with E-state index in [1.165, 1.54) is 17.5 Å². The van der Waals surface area contributed by atoms with Crippen LogP contribution in [0.4, 0.5) is 0 Å². The number of carbonyl (C=O) groups is 2. The monoisotopic (exact) mass is 530 g/mol. The average molecular weight is 531 g/mol. The van der Waals surface area contributed by atoms with Gasteiger partial charge in [0.15, 0.2) is 0 Å². The normalized spacial score (nSPS) is 19.9. The van der Waals surface area contributed by atoms with Crippen LogP contribution < -0.4 is 10.4 Å². The number of carbonyl (C=O) groups excluding carboxylic acids is 2. The maximum absolute atomic E-state index is 13.4. The molecule has 3 aromatic carbocycles. The van der Waals surface area contributed by atoms with Gasteiger partial charge in [-0.25, -0.2) is 0 Å². The zero-order chi connectivity index (χ0) is 27.2. The summed E-state index contributed by atoms with van der Waals surface area (Å²) in [6.07, 6.45) is 1.40. The minimum atomic E-state index is -2.80. The molecule has 6 heteroatoms. The van der Waals surface area contributed by atoms with Crippen LogP contribution in [0.25, 0.3) is 0 Å². The number of esters is 2. The lowest BCUT2D eigenvalue weighted by atomic mass is 9.78. The zero-order valence-electron chi connectivity index (χ0n) is 22.8. The maximum Gasteiger partial charge on any atom is 0.310 e. The third-order valence-electron chi connectivity index (χ3n) is 7.59. The van der Waals surface area contributed by atoms with Crippen LogP contribution >= 0.6 is 0 Å². The highest BCUT2D eigenvalue weighted by molar-refractivity contribution is 6.99. The fourth-order valence-electron chi connectivity index (χ4n) is 5.71. The van der Waals surface area contributed by atoms with Crippen molar-refractivity contribution in [2.45, 2.75) is 57.8 Å². The Bertz CT molecular complexity index is 1150. The molecule has 0 aromatic heterocycles. The minimum Gasteiger partial charge on any atom is -0.469 e. The Morgan fingerprint density at radius 2 is 1.29 bits per heavy atom. The number of benzene rings is 3. The molecule has 0 radical (unpaired) electrons. The lowest BCUT2D eigenvalue weighted by Crippen LogP contribution is -2.68. The van der Waals surface area contributed by atoms with E-state index in [0.717, 1.165) is 5.56 Å². The van der Waals surface area contributed by atoms with Gasteiger partial charge in [-0.05, 0) is 40.2 Å². The lowest BCUT2D eigenvalue weighted by Gasteiger charge is -2.47. The van der Waals surface area contributed by atoms with Crippen LogP contribution in [-0.4, -0.2) is 33.5 Å². The van der Waals surface area contributed by atoms with Crippen LogP contribution in [0.2, 0.25) is 5.04 Å². The molecular weight excluding hydrogens is 492 g/mol. The standard InChI is InChI=1S/C32H38O5Si/c1-32(2,3)38(26-16-10-6-11-17-26,27-18-12-7-13-19-27)37-25-20-21-28(30(33)35-4)29(22-25)31(34)36-23-24-14-8-5-9-15-24/h5-19,25,28-29H,20-23H2,1-4H3. The molecule has 1 aliphatic rings. The second-order valence-corrected chi connectivity index (χ2v) is 15.3. The van der Waals surface area contributed by atoms with Crippen molar-refractivity contribution in [1.29, 1.82) is 0 Å². The van der Waals surface area contributed by atoms with E-state index in [1.54, 1.807) is 0 Å². The average Bonchev–Trinajstić information content (AvgIpc) is 2.95. The van der Waals surface area contributed by atoms with Gasteiger partial charge in [0.25, 0.3) is 8.32 Å². The first-order chi connectivity index (χ1) is 18.3. The molecule has 4 rings (SSSR count). The van der Waals surface area contributed by atoms with Crippen molar-refractivity contribution in [3.05, 3.63) is 96.6 Å². The third kappa shape index (κ3) is 5.92. The van der Waals surface area contributed by atoms with Crippen molar-refractivity contribution in [2.75, 3.05) is 7.11 Å². The van der Waals surface area contributed by atoms with Crippen LogP contribution in [0, 0.1) is 11.8 Å². The Hall–Kier alpha value is -3.22. The van der Waals surface area contributed by atoms with Crippen LogP contribution in [0.15, 0.2) is 91.0 Å². The number of hydrogen-bond donors (Lipinski definition) is 0. The Kier molecular flexibility index (Phi) is 8.85. The van der Waals surface area contributed by atoms with Gasteiger partial charge in [-0.15, -0.1) is 0 Å². The molecular formula is C32H38O5Si. The molecule has 0 N–H and O–H groups in total. The molecule has 0 spiro atoms. The molecule has 5 nitrogen and oxygen atoms in total. The molecule has 200 valence electrons. The van der Waals surface area contributed by atoms with Gasteiger partial charge < -0.3 is 13.9 Å². The van der Waals surface area contributed by atoms with E-state index in [4.69, 9.17) is 13.9 Å². The van der Waals surface area contributed by atoms with Gasteiger partial charge in [0.2, 0.25) is 0 Å². The highest BCUT2D eigenvalue weighted by Gasteiger charge is 2.53. The third-order valence-corrected chi connectivity index (χ3v) is 12.7. The van der Waals surface area contributed by atoms with Gasteiger partial charge >= 0.3 is 11.9 Å². The highest BCUT2D eigenvalue weighted by Crippen LogP contribution is 2.41. The second-order valence-electron chi connectivity index (χ2n) is 11.0. The van der Waals surface area contributed by atoms with E-state index < -0.39 is 20.2 Å². The molecule has 0 saturated heterocycles. The summed E-state index contributed by atoms with van der Waals surface area (Å²) >= 11 is 0. The predicted molar refractivity (Wildman–Crippen MR) is 152 cm³/mol. The molecule has 38 heavy (non-hydrogen) atoms. The lowest BCUT2D eigenvalue weighted by molar-refractivity contribution is -0.164. The number of rotatable bonds is 8. The van der Waals surface area contributed by atoms with Gasteiger partial charge in [-0.2, -0.15) is 0 Å². The number of hydrogen-bond acceptors (Lipinski definition) is 5. The Labute approximate surface area is 227 Å². The van der Waals surface area contributed by atoms with Gasteiger partial charge in [-0.1, -0.05) is 112 Å². The van der Waals surface area contributed by atoms with Crippen LogP contribution in [0.5, 0.6) is 0 Å². The summed E-state index contributed by atoms with van der Waals surface area (Å²) in [5.74, 6) is -1.90. The molecule has 1 fully saturated rings. The molecule has 1 aliphatic carbocycles. The topological polar surface area (TPSA) is 61.8 Å². The summed E-state index contributed by atoms with van der Waals surface area (Å²) in [6, 6.07) is 30.5. The predicted octanol–water partition coefficient (Wildman–Crippen LogP) is 5.26. The zero-order valence-corrected chi connectivity index (χ0v) is 23.8. The van der Waals surface area contributed by atoms with Gasteiger partial charge in [0.1, 0.15) is 6.61 Å². The summed E-state index contributed by atoms with van der Waals surface area (Å²) in [7, 11) is -1.42. The van der Waals surface area contributed by atoms with E-state index in [1.807, 2.05) is 42.5 Å². The summed E-state index contributed by atoms with van der Waals surface area (Å²) < 4.78 is 18.1. The molecule has 3 unspecified atom stereocenters. The van der Waals surface area contributed by atoms with Crippen molar-refractivity contribution in [3.63, 3.8) is 0 Å². The van der Waals surface area contributed by atoms with E-state index in [2.05, 4.69) is 69.3 Å². The number of methoxy groups -OCH3 is 1. The first-order valence-corrected chi connectivity index (χ1v) is 15.2. The van der Waals surface area contributed by atoms with Crippen molar-refractivity contribution in [2.24, 2.45) is 11.8 Å². The first-order valence-electron chi connectivity index (χ1n) is 13.3. The Morgan fingerprint density at radius 1 is 0.763 bits per heavy atom. The minimum absolute atomic E-state index is 0.171. The fraction of sp³-hybridized carbons (Fsp3) is 0.375. The van der Waals surface area contributed by atoms with Crippen molar-refractivity contribution in [1.82, 2.24) is 0 Å². The van der Waals surface area contributed by atoms with E-state index in [9.17, 15) is 9.59 Å². The summed E-state index contributed by atoms with van der Waals surface area (Å²) in [5.41, 5.74) is 0.909. The number of ether oxygens (including phenoxy) is 2. The first kappa shape index (κ1) is 27.8. The molecule has 0 bridgehead atoms. The maximum atomic E-state index is 13.4. The van der Waals surface area contributed by atoms with Gasteiger partial charge in [0, 0.05) is 6.10 Å². The van der Waals surface area contributed by atoms with Crippen LogP contribution in [0.3, 0.4) is 0 Å². The van der Waals surface area contributed by atoms with E-state index in [0.29, 0.717) is 19.3 Å². The largest absolute Gasteiger partial charge is 0.469 e. The van der Waals surface area contributed by atoms with Crippen molar-refractivity contribution in [3.8, 4) is 0 Å². The quantitative estimate of drug-likeness (QED) is 0.294. The van der Waals surface area contributed by atoms with Crippen molar-refractivity contribution >= 4 is 30.6 Å². The van der Waals surface area contributed by atoms with Crippen molar-refractivity contribution < 1.29 is 23.5 Å². The second kappa shape index (κ2) is 12.1. The molecule has 3 atom stereocenters. The summed E-state index contributed by atoms with van der Waals surface area (Å²) in [6.45, 7) is 6.89. The highest BCUT2D eigenvalue weighted by atomic mass is 28.4. The van der Waals surface area contributed by atoms with Gasteiger partial charge in [-0.3, -0.25) is 9.59 Å². The molecule has 0 amide bonds. The fourth-order valence-corrected chi connectivity index (χ4v) is 10.4. The van der Waals surface area contributed by atoms with Crippen LogP contribution in [0.1, 0.15) is 45.6 Å². The summed E-state index contributed by atoms with van der Waals surface area (Å²) in [5, 5.41) is 2.20. The smallest absolute Gasteiger partial charge is 0.310 e. The van der Waals surface area contributed by atoms with Crippen LogP contribution in [-0.2, 0) is 30.1 Å². The van der Waals surface area contributed by atoms with E-state index in [-0.39, 0.29) is 29.7 Å². The SMILES string of the molecule is COC(=O)C1CCC(O[Si](c2ccccc2)(c2ccccc2)C(C)(C)C)CC1C(=O)OCc1ccccc1. The molecule has 0 heterocycles. The molecule has 1 saturated carbocycles. The van der Waals surface area contributed by atoms with E-state index >= 15 is 0 Å². The Morgan fingerprint density at radius 3 is 1.79 bits per heavy atom. The molecule has 3 aromatic rings. The summed E-state index contributed by atoms with van der Waals surface area (Å²) in [4.78, 5) is 26.1.